The number of nitrogens with zero attached hydrogens (tertiary/aromatic N) is 1. The molecule has 0 amide bonds. The number of carboxylic acid groups (broad SMARTS) is 1. The topological polar surface area (TPSA) is 40.5 Å². The summed E-state index contributed by atoms with van der Waals surface area (Å²) in [4.78, 5) is 13.2. The highest BCUT2D eigenvalue weighted by Gasteiger charge is 2.33. The van der Waals surface area contributed by atoms with Gasteiger partial charge in [-0.2, -0.15) is 0 Å². The van der Waals surface area contributed by atoms with Crippen molar-refractivity contribution in [3.8, 4) is 0 Å². The van der Waals surface area contributed by atoms with E-state index in [9.17, 15) is 4.79 Å². The summed E-state index contributed by atoms with van der Waals surface area (Å²) in [6.45, 7) is 8.79. The van der Waals surface area contributed by atoms with Crippen molar-refractivity contribution in [1.82, 2.24) is 4.90 Å². The highest BCUT2D eigenvalue weighted by molar-refractivity contribution is 5.67. The third kappa shape index (κ3) is 3.49. The summed E-state index contributed by atoms with van der Waals surface area (Å²) in [5, 5.41) is 8.84. The van der Waals surface area contributed by atoms with Crippen molar-refractivity contribution in [3.63, 3.8) is 0 Å². The molecule has 3 nitrogen and oxygen atoms in total. The molecule has 15 heavy (non-hydrogen) atoms. The van der Waals surface area contributed by atoms with Crippen LogP contribution in [0.15, 0.2) is 0 Å². The molecule has 1 aliphatic rings. The van der Waals surface area contributed by atoms with Crippen LogP contribution in [0.25, 0.3) is 0 Å². The Labute approximate surface area is 92.5 Å². The summed E-state index contributed by atoms with van der Waals surface area (Å²) < 4.78 is 0. The van der Waals surface area contributed by atoms with Gasteiger partial charge in [-0.15, -0.1) is 0 Å². The number of hydrogen-bond donors (Lipinski definition) is 1. The number of rotatable bonds is 5. The number of hydrogen-bond acceptors (Lipinski definition) is 2. The molecule has 88 valence electrons. The molecule has 1 aliphatic heterocycles. The van der Waals surface area contributed by atoms with Gasteiger partial charge in [0.1, 0.15) is 0 Å². The third-order valence-corrected chi connectivity index (χ3v) is 3.26. The number of likely N-dealkylation sites (tertiary alicyclic amines) is 1. The maximum Gasteiger partial charge on any atom is 0.303 e. The van der Waals surface area contributed by atoms with Crippen molar-refractivity contribution in [2.45, 2.75) is 46.1 Å². The van der Waals surface area contributed by atoms with Gasteiger partial charge in [0.2, 0.25) is 0 Å². The molecule has 1 heterocycles. The maximum absolute atomic E-state index is 10.7. The van der Waals surface area contributed by atoms with Gasteiger partial charge in [-0.3, -0.25) is 9.69 Å². The van der Waals surface area contributed by atoms with Crippen LogP contribution in [-0.2, 0) is 4.79 Å². The molecule has 0 bridgehead atoms. The van der Waals surface area contributed by atoms with Gasteiger partial charge in [-0.25, -0.2) is 0 Å². The van der Waals surface area contributed by atoms with Crippen LogP contribution in [0.2, 0.25) is 0 Å². The summed E-state index contributed by atoms with van der Waals surface area (Å²) in [6.07, 6.45) is 2.47. The Morgan fingerprint density at radius 1 is 1.53 bits per heavy atom. The molecular formula is C12H23NO2. The van der Waals surface area contributed by atoms with Gasteiger partial charge >= 0.3 is 5.97 Å². The van der Waals surface area contributed by atoms with Crippen molar-refractivity contribution >= 4 is 5.97 Å². The van der Waals surface area contributed by atoms with Crippen LogP contribution in [0, 0.1) is 11.8 Å². The fourth-order valence-corrected chi connectivity index (χ4v) is 2.74. The van der Waals surface area contributed by atoms with Gasteiger partial charge in [-0.05, 0) is 31.2 Å². The fraction of sp³-hybridized carbons (Fsp3) is 0.917. The smallest absolute Gasteiger partial charge is 0.303 e. The minimum absolute atomic E-state index is 0.340. The quantitative estimate of drug-likeness (QED) is 0.761. The van der Waals surface area contributed by atoms with E-state index in [2.05, 4.69) is 25.7 Å². The number of carbonyl (C=O) groups is 1. The van der Waals surface area contributed by atoms with Crippen LogP contribution in [0.3, 0.4) is 0 Å². The molecule has 0 unspecified atom stereocenters. The molecule has 1 saturated heterocycles. The molecule has 0 spiro atoms. The lowest BCUT2D eigenvalue weighted by atomic mass is 9.94. The van der Waals surface area contributed by atoms with E-state index in [1.54, 1.807) is 0 Å². The Hall–Kier alpha value is -0.570. The molecule has 0 aliphatic carbocycles. The van der Waals surface area contributed by atoms with Crippen molar-refractivity contribution in [3.05, 3.63) is 0 Å². The SMILES string of the molecule is CC[C@@H]1[C@@H](CC(=O)O)CCN1CC(C)C. The van der Waals surface area contributed by atoms with Gasteiger partial charge in [0, 0.05) is 19.0 Å². The van der Waals surface area contributed by atoms with E-state index in [-0.39, 0.29) is 0 Å². The predicted octanol–water partition coefficient (Wildman–Crippen LogP) is 2.22. The molecule has 0 aromatic carbocycles. The monoisotopic (exact) mass is 213 g/mol. The van der Waals surface area contributed by atoms with Crippen molar-refractivity contribution in [1.29, 1.82) is 0 Å². The van der Waals surface area contributed by atoms with Gasteiger partial charge in [0.25, 0.3) is 0 Å². The molecule has 1 N–H and O–H groups in total. The van der Waals surface area contributed by atoms with E-state index < -0.39 is 5.97 Å². The lowest BCUT2D eigenvalue weighted by Crippen LogP contribution is -2.35. The second-order valence-corrected chi connectivity index (χ2v) is 5.01. The zero-order valence-electron chi connectivity index (χ0n) is 10.1. The third-order valence-electron chi connectivity index (χ3n) is 3.26. The lowest BCUT2D eigenvalue weighted by Gasteiger charge is -2.28. The Kier molecular flexibility index (Phi) is 4.58. The van der Waals surface area contributed by atoms with Crippen molar-refractivity contribution in [2.24, 2.45) is 11.8 Å². The molecule has 0 radical (unpaired) electrons. The molecule has 1 rings (SSSR count). The largest absolute Gasteiger partial charge is 0.481 e. The molecular weight excluding hydrogens is 190 g/mol. The standard InChI is InChI=1S/C12H23NO2/c1-4-11-10(7-12(14)15)5-6-13(11)8-9(2)3/h9-11H,4-8H2,1-3H3,(H,14,15)/t10-,11-/m1/s1. The van der Waals surface area contributed by atoms with Crippen LogP contribution in [0.4, 0.5) is 0 Å². The second kappa shape index (κ2) is 5.50. The minimum Gasteiger partial charge on any atom is -0.481 e. The van der Waals surface area contributed by atoms with E-state index in [0.29, 0.717) is 24.3 Å². The summed E-state index contributed by atoms with van der Waals surface area (Å²) in [7, 11) is 0. The van der Waals surface area contributed by atoms with Crippen molar-refractivity contribution < 1.29 is 9.90 Å². The van der Waals surface area contributed by atoms with E-state index in [4.69, 9.17) is 5.11 Å². The Bertz CT molecular complexity index is 216. The van der Waals surface area contributed by atoms with Gasteiger partial charge in [0.05, 0.1) is 0 Å². The molecule has 1 fully saturated rings. The molecule has 0 aromatic rings. The highest BCUT2D eigenvalue weighted by atomic mass is 16.4. The molecule has 2 atom stereocenters. The van der Waals surface area contributed by atoms with Crippen LogP contribution < -0.4 is 0 Å². The lowest BCUT2D eigenvalue weighted by molar-refractivity contribution is -0.138. The molecule has 3 heteroatoms. The summed E-state index contributed by atoms with van der Waals surface area (Å²) >= 11 is 0. The van der Waals surface area contributed by atoms with Crippen molar-refractivity contribution in [2.75, 3.05) is 13.1 Å². The normalized spacial score (nSPS) is 27.5. The fourth-order valence-electron chi connectivity index (χ4n) is 2.74. The molecule has 0 saturated carbocycles. The Morgan fingerprint density at radius 3 is 2.67 bits per heavy atom. The average Bonchev–Trinajstić information content (AvgIpc) is 2.45. The van der Waals surface area contributed by atoms with Crippen LogP contribution in [-0.4, -0.2) is 35.1 Å². The van der Waals surface area contributed by atoms with Gasteiger partial charge in [0.15, 0.2) is 0 Å². The van der Waals surface area contributed by atoms with Gasteiger partial charge in [-0.1, -0.05) is 20.8 Å². The first-order chi connectivity index (χ1) is 7.04. The summed E-state index contributed by atoms with van der Waals surface area (Å²) in [6, 6.07) is 0.489. The predicted molar refractivity (Wildman–Crippen MR) is 60.8 cm³/mol. The van der Waals surface area contributed by atoms with Gasteiger partial charge < -0.3 is 5.11 Å². The number of aliphatic carboxylic acids is 1. The Balaban J connectivity index is 2.52. The van der Waals surface area contributed by atoms with E-state index in [1.165, 1.54) is 0 Å². The first kappa shape index (κ1) is 12.5. The first-order valence-electron chi connectivity index (χ1n) is 6.00. The van der Waals surface area contributed by atoms with E-state index in [1.807, 2.05) is 0 Å². The minimum atomic E-state index is -0.648. The van der Waals surface area contributed by atoms with Crippen LogP contribution in [0.5, 0.6) is 0 Å². The van der Waals surface area contributed by atoms with Crippen LogP contribution in [0.1, 0.15) is 40.0 Å². The zero-order chi connectivity index (χ0) is 11.4. The average molecular weight is 213 g/mol. The van der Waals surface area contributed by atoms with E-state index >= 15 is 0 Å². The summed E-state index contributed by atoms with van der Waals surface area (Å²) in [5.41, 5.74) is 0. The maximum atomic E-state index is 10.7. The second-order valence-electron chi connectivity index (χ2n) is 5.01. The zero-order valence-corrected chi connectivity index (χ0v) is 10.1. The Morgan fingerprint density at radius 2 is 2.20 bits per heavy atom. The van der Waals surface area contributed by atoms with Crippen LogP contribution >= 0.6 is 0 Å². The van der Waals surface area contributed by atoms with E-state index in [0.717, 1.165) is 25.9 Å². The highest BCUT2D eigenvalue weighted by Crippen LogP contribution is 2.29. The first-order valence-corrected chi connectivity index (χ1v) is 6.00. The molecule has 0 aromatic heterocycles. The number of carboxylic acids is 1. The summed E-state index contributed by atoms with van der Waals surface area (Å²) in [5.74, 6) is 0.388.